The van der Waals surface area contributed by atoms with Crippen molar-refractivity contribution in [3.05, 3.63) is 54.1 Å². The van der Waals surface area contributed by atoms with Crippen LogP contribution in [-0.2, 0) is 11.3 Å². The van der Waals surface area contributed by atoms with Gasteiger partial charge < -0.3 is 25.0 Å². The summed E-state index contributed by atoms with van der Waals surface area (Å²) in [7, 11) is 1.70. The largest absolute Gasteiger partial charge is 0.493 e. The smallest absolute Gasteiger partial charge is 0.196 e. The van der Waals surface area contributed by atoms with E-state index in [0.717, 1.165) is 43.5 Å². The lowest BCUT2D eigenvalue weighted by molar-refractivity contribution is 0.172. The second kappa shape index (κ2) is 15.2. The van der Waals surface area contributed by atoms with Crippen LogP contribution in [0.25, 0.3) is 0 Å². The number of halogens is 1. The number of nitrogens with one attached hydrogen (secondary N) is 2. The molecule has 1 heterocycles. The maximum Gasteiger partial charge on any atom is 0.196 e. The molecule has 0 spiro atoms. The molecule has 6 nitrogen and oxygen atoms in total. The fraction of sp³-hybridized carbons (Fsp3) is 0.458. The third-order valence-corrected chi connectivity index (χ3v) is 5.88. The molecule has 176 valence electrons. The van der Waals surface area contributed by atoms with Gasteiger partial charge in [-0.1, -0.05) is 18.2 Å². The van der Waals surface area contributed by atoms with Crippen LogP contribution >= 0.6 is 35.7 Å². The third kappa shape index (κ3) is 9.07. The van der Waals surface area contributed by atoms with Crippen LogP contribution in [0.4, 0.5) is 11.4 Å². The molecule has 8 heteroatoms. The van der Waals surface area contributed by atoms with Crippen LogP contribution in [0.2, 0.25) is 0 Å². The molecule has 0 saturated carbocycles. The van der Waals surface area contributed by atoms with E-state index in [1.54, 1.807) is 7.11 Å². The summed E-state index contributed by atoms with van der Waals surface area (Å²) in [5.41, 5.74) is 3.45. The number of ether oxygens (including phenoxy) is 2. The molecule has 32 heavy (non-hydrogen) atoms. The molecule has 1 saturated heterocycles. The summed E-state index contributed by atoms with van der Waals surface area (Å²) in [6, 6.07) is 16.7. The highest BCUT2D eigenvalue weighted by Crippen LogP contribution is 2.20. The summed E-state index contributed by atoms with van der Waals surface area (Å²) in [6.45, 7) is 7.09. The summed E-state index contributed by atoms with van der Waals surface area (Å²) < 4.78 is 10.9. The minimum absolute atomic E-state index is 0. The van der Waals surface area contributed by atoms with Gasteiger partial charge in [0.05, 0.1) is 13.2 Å². The molecule has 0 radical (unpaired) electrons. The molecule has 2 N–H and O–H groups in total. The Hall–Kier alpha value is -1.65. The van der Waals surface area contributed by atoms with Crippen molar-refractivity contribution in [3.8, 4) is 5.75 Å². The van der Waals surface area contributed by atoms with Crippen molar-refractivity contribution in [1.29, 1.82) is 0 Å². The van der Waals surface area contributed by atoms with Gasteiger partial charge in [-0.3, -0.25) is 0 Å². The highest BCUT2D eigenvalue weighted by molar-refractivity contribution is 14.0. The van der Waals surface area contributed by atoms with E-state index in [9.17, 15) is 0 Å². The molecule has 2 aromatic rings. The van der Waals surface area contributed by atoms with Gasteiger partial charge in [0, 0.05) is 68.7 Å². The monoisotopic (exact) mass is 570 g/mol. The van der Waals surface area contributed by atoms with Gasteiger partial charge in [-0.15, -0.1) is 24.0 Å². The first kappa shape index (κ1) is 26.6. The maximum atomic E-state index is 5.80. The summed E-state index contributed by atoms with van der Waals surface area (Å²) in [6.07, 6.45) is 0.869. The summed E-state index contributed by atoms with van der Waals surface area (Å²) in [5, 5.41) is 6.69. The minimum atomic E-state index is 0. The second-order valence-corrected chi connectivity index (χ2v) is 8.53. The van der Waals surface area contributed by atoms with Crippen LogP contribution in [-0.4, -0.2) is 57.4 Å². The van der Waals surface area contributed by atoms with Gasteiger partial charge in [0.15, 0.2) is 5.96 Å². The first-order valence-electron chi connectivity index (χ1n) is 11.0. The van der Waals surface area contributed by atoms with Gasteiger partial charge in [-0.2, -0.15) is 11.8 Å². The number of aliphatic imine (C=N–C) groups is 1. The van der Waals surface area contributed by atoms with Gasteiger partial charge in [-0.25, -0.2) is 4.99 Å². The molecular weight excluding hydrogens is 535 g/mol. The number of guanidine groups is 1. The Balaban J connectivity index is 0.00000363. The maximum absolute atomic E-state index is 5.80. The standard InChI is InChI=1S/C24H34N4O2S.HI/c1-3-25-24(27-21-6-4-7-23(18-21)30-15-5-14-29-2)26-19-20-8-10-22(11-9-20)28-12-16-31-17-13-28;/h4,6-11,18H,3,5,12-17,19H2,1-2H3,(H2,25,26,27);1H. The Bertz CT molecular complexity index is 814. The van der Waals surface area contributed by atoms with Crippen molar-refractivity contribution >= 4 is 53.1 Å². The molecular formula is C24H35IN4O2S. The molecule has 0 unspecified atom stereocenters. The number of anilines is 2. The average Bonchev–Trinajstić information content (AvgIpc) is 2.82. The number of methoxy groups -OCH3 is 1. The first-order valence-corrected chi connectivity index (χ1v) is 12.1. The predicted molar refractivity (Wildman–Crippen MR) is 148 cm³/mol. The Morgan fingerprint density at radius 1 is 1.09 bits per heavy atom. The van der Waals surface area contributed by atoms with Crippen molar-refractivity contribution in [3.63, 3.8) is 0 Å². The number of nitrogens with zero attached hydrogens (tertiary/aromatic N) is 2. The van der Waals surface area contributed by atoms with Gasteiger partial charge in [-0.05, 0) is 36.8 Å². The fourth-order valence-electron chi connectivity index (χ4n) is 3.30. The molecule has 1 aliphatic heterocycles. The number of benzene rings is 2. The zero-order chi connectivity index (χ0) is 21.7. The van der Waals surface area contributed by atoms with Crippen LogP contribution in [0.15, 0.2) is 53.5 Å². The Kier molecular flexibility index (Phi) is 12.7. The van der Waals surface area contributed by atoms with Gasteiger partial charge in [0.2, 0.25) is 0 Å². The molecule has 2 aromatic carbocycles. The Morgan fingerprint density at radius 2 is 1.88 bits per heavy atom. The first-order chi connectivity index (χ1) is 15.3. The van der Waals surface area contributed by atoms with E-state index >= 15 is 0 Å². The van der Waals surface area contributed by atoms with Gasteiger partial charge in [0.25, 0.3) is 0 Å². The molecule has 0 aliphatic carbocycles. The highest BCUT2D eigenvalue weighted by atomic mass is 127. The van der Waals surface area contributed by atoms with Crippen LogP contribution in [0.1, 0.15) is 18.9 Å². The van der Waals surface area contributed by atoms with Crippen molar-refractivity contribution in [1.82, 2.24) is 5.32 Å². The van der Waals surface area contributed by atoms with E-state index in [1.807, 2.05) is 36.0 Å². The van der Waals surface area contributed by atoms with E-state index in [-0.39, 0.29) is 24.0 Å². The van der Waals surface area contributed by atoms with E-state index in [2.05, 4.69) is 46.7 Å². The van der Waals surface area contributed by atoms with Crippen LogP contribution in [0.5, 0.6) is 5.75 Å². The molecule has 0 atom stereocenters. The number of hydrogen-bond acceptors (Lipinski definition) is 5. The quantitative estimate of drug-likeness (QED) is 0.184. The number of hydrogen-bond donors (Lipinski definition) is 2. The predicted octanol–water partition coefficient (Wildman–Crippen LogP) is 4.85. The van der Waals surface area contributed by atoms with Crippen molar-refractivity contribution < 1.29 is 9.47 Å². The lowest BCUT2D eigenvalue weighted by atomic mass is 10.2. The fourth-order valence-corrected chi connectivity index (χ4v) is 4.21. The summed E-state index contributed by atoms with van der Waals surface area (Å²) >= 11 is 2.03. The highest BCUT2D eigenvalue weighted by Gasteiger charge is 2.10. The average molecular weight is 571 g/mol. The zero-order valence-electron chi connectivity index (χ0n) is 19.0. The van der Waals surface area contributed by atoms with E-state index < -0.39 is 0 Å². The number of rotatable bonds is 10. The van der Waals surface area contributed by atoms with Crippen LogP contribution < -0.4 is 20.3 Å². The second-order valence-electron chi connectivity index (χ2n) is 7.31. The molecule has 0 aromatic heterocycles. The van der Waals surface area contributed by atoms with Gasteiger partial charge in [0.1, 0.15) is 5.75 Å². The van der Waals surface area contributed by atoms with Crippen LogP contribution in [0.3, 0.4) is 0 Å². The normalized spacial score (nSPS) is 13.9. The summed E-state index contributed by atoms with van der Waals surface area (Å²) in [4.78, 5) is 7.22. The lowest BCUT2D eigenvalue weighted by Gasteiger charge is -2.28. The zero-order valence-corrected chi connectivity index (χ0v) is 22.2. The third-order valence-electron chi connectivity index (χ3n) is 4.93. The van der Waals surface area contributed by atoms with Crippen molar-refractivity contribution in [2.45, 2.75) is 19.9 Å². The van der Waals surface area contributed by atoms with E-state index in [4.69, 9.17) is 14.5 Å². The Labute approximate surface area is 213 Å². The molecule has 0 amide bonds. The molecule has 3 rings (SSSR count). The van der Waals surface area contributed by atoms with E-state index in [1.165, 1.54) is 22.8 Å². The minimum Gasteiger partial charge on any atom is -0.493 e. The molecule has 0 bridgehead atoms. The summed E-state index contributed by atoms with van der Waals surface area (Å²) in [5.74, 6) is 4.02. The van der Waals surface area contributed by atoms with Crippen LogP contribution in [0, 0.1) is 0 Å². The van der Waals surface area contributed by atoms with Crippen molar-refractivity contribution in [2.24, 2.45) is 4.99 Å². The number of thioether (sulfide) groups is 1. The van der Waals surface area contributed by atoms with E-state index in [0.29, 0.717) is 19.8 Å². The van der Waals surface area contributed by atoms with Gasteiger partial charge >= 0.3 is 0 Å². The SMILES string of the molecule is CCNC(=NCc1ccc(N2CCSCC2)cc1)Nc1cccc(OCCCOC)c1.I. The molecule has 1 fully saturated rings. The lowest BCUT2D eigenvalue weighted by Crippen LogP contribution is -2.32. The topological polar surface area (TPSA) is 58.1 Å². The Morgan fingerprint density at radius 3 is 2.59 bits per heavy atom. The molecule has 1 aliphatic rings. The van der Waals surface area contributed by atoms with Crippen molar-refractivity contribution in [2.75, 3.05) is 61.7 Å².